The second-order valence-corrected chi connectivity index (χ2v) is 4.86. The first-order valence-electron chi connectivity index (χ1n) is 5.44. The van der Waals surface area contributed by atoms with Crippen molar-refractivity contribution < 1.29 is 24.5 Å². The summed E-state index contributed by atoms with van der Waals surface area (Å²) >= 11 is 0. The number of ether oxygens (including phenoxy) is 1. The molecule has 0 bridgehead atoms. The molecule has 0 saturated carbocycles. The van der Waals surface area contributed by atoms with Gasteiger partial charge in [-0.3, -0.25) is 4.79 Å². The summed E-state index contributed by atoms with van der Waals surface area (Å²) in [6.45, 7) is 5.28. The van der Waals surface area contributed by atoms with Gasteiger partial charge < -0.3 is 14.9 Å². The fourth-order valence-corrected chi connectivity index (χ4v) is 1.26. The van der Waals surface area contributed by atoms with Crippen LogP contribution in [0, 0.1) is 0 Å². The summed E-state index contributed by atoms with van der Waals surface area (Å²) in [5.74, 6) is -1.90. The van der Waals surface area contributed by atoms with Gasteiger partial charge >= 0.3 is 5.97 Å². The Hall–Kier alpha value is -1.88. The van der Waals surface area contributed by atoms with Crippen molar-refractivity contribution in [3.8, 4) is 5.75 Å². The molecule has 5 heteroatoms. The number of benzene rings is 1. The highest BCUT2D eigenvalue weighted by Crippen LogP contribution is 2.20. The van der Waals surface area contributed by atoms with E-state index < -0.39 is 11.6 Å². The third-order valence-electron chi connectivity index (χ3n) is 2.18. The third kappa shape index (κ3) is 3.85. The molecule has 0 amide bonds. The molecule has 1 rings (SSSR count). The van der Waals surface area contributed by atoms with E-state index in [1.165, 1.54) is 12.1 Å². The Kier molecular flexibility index (Phi) is 4.08. The molecule has 1 aromatic rings. The molecule has 0 aliphatic carbocycles. The molecule has 5 nitrogen and oxygen atoms in total. The first kappa shape index (κ1) is 14.2. The summed E-state index contributed by atoms with van der Waals surface area (Å²) in [6, 6.07) is 3.60. The van der Waals surface area contributed by atoms with E-state index in [1.807, 2.05) is 20.8 Å². The fraction of sp³-hybridized carbons (Fsp3) is 0.385. The lowest BCUT2D eigenvalue weighted by atomic mass is 10.1. The molecular formula is C13H16O5. The third-order valence-corrected chi connectivity index (χ3v) is 2.18. The number of hydrogen-bond acceptors (Lipinski definition) is 4. The average Bonchev–Trinajstić information content (AvgIpc) is 2.24. The molecular weight excluding hydrogens is 236 g/mol. The van der Waals surface area contributed by atoms with E-state index in [0.29, 0.717) is 0 Å². The highest BCUT2D eigenvalue weighted by atomic mass is 16.5. The minimum absolute atomic E-state index is 0.0595. The second kappa shape index (κ2) is 5.18. The number of aromatic hydroxyl groups is 1. The van der Waals surface area contributed by atoms with Gasteiger partial charge in [-0.05, 0) is 39.0 Å². The molecule has 0 radical (unpaired) electrons. The molecule has 0 spiro atoms. The number of rotatable bonds is 4. The lowest BCUT2D eigenvalue weighted by Gasteiger charge is -2.18. The Morgan fingerprint density at radius 2 is 1.89 bits per heavy atom. The minimum Gasteiger partial charge on any atom is -0.507 e. The van der Waals surface area contributed by atoms with Crippen molar-refractivity contribution in [3.05, 3.63) is 29.3 Å². The molecule has 0 atom stereocenters. The second-order valence-electron chi connectivity index (χ2n) is 4.86. The standard InChI is InChI=1S/C13H16O5/c1-13(2,3)18-7-11(15)9-5-4-8(12(16)17)6-10(9)14/h4-6,14H,7H2,1-3H3,(H,16,17). The van der Waals surface area contributed by atoms with Crippen molar-refractivity contribution in [1.29, 1.82) is 0 Å². The number of ketones is 1. The number of Topliss-reactive ketones (excluding diaryl/α,β-unsaturated/α-hetero) is 1. The zero-order valence-electron chi connectivity index (χ0n) is 10.6. The van der Waals surface area contributed by atoms with Crippen LogP contribution in [0.2, 0.25) is 0 Å². The number of carboxylic acids is 1. The molecule has 0 aliphatic rings. The Morgan fingerprint density at radius 3 is 2.33 bits per heavy atom. The summed E-state index contributed by atoms with van der Waals surface area (Å²) in [7, 11) is 0. The molecule has 98 valence electrons. The molecule has 2 N–H and O–H groups in total. The van der Waals surface area contributed by atoms with Gasteiger partial charge in [0.1, 0.15) is 12.4 Å². The smallest absolute Gasteiger partial charge is 0.335 e. The Balaban J connectivity index is 2.84. The molecule has 1 aromatic carbocycles. The highest BCUT2D eigenvalue weighted by molar-refractivity contribution is 6.00. The first-order chi connectivity index (χ1) is 8.20. The maximum Gasteiger partial charge on any atom is 0.335 e. The predicted molar refractivity (Wildman–Crippen MR) is 65.1 cm³/mol. The van der Waals surface area contributed by atoms with Crippen molar-refractivity contribution in [2.24, 2.45) is 0 Å². The van der Waals surface area contributed by atoms with Crippen LogP contribution in [0.4, 0.5) is 0 Å². The minimum atomic E-state index is -1.16. The van der Waals surface area contributed by atoms with Crippen LogP contribution in [-0.4, -0.2) is 34.2 Å². The lowest BCUT2D eigenvalue weighted by Crippen LogP contribution is -2.23. The maximum atomic E-state index is 11.8. The molecule has 0 fully saturated rings. The summed E-state index contributed by atoms with van der Waals surface area (Å²) < 4.78 is 5.30. The Labute approximate surface area is 105 Å². The van der Waals surface area contributed by atoms with E-state index in [0.717, 1.165) is 6.07 Å². The quantitative estimate of drug-likeness (QED) is 0.801. The summed E-state index contributed by atoms with van der Waals surface area (Å²) in [6.07, 6.45) is 0. The van der Waals surface area contributed by atoms with Crippen molar-refractivity contribution in [1.82, 2.24) is 0 Å². The van der Waals surface area contributed by atoms with E-state index in [-0.39, 0.29) is 29.3 Å². The van der Waals surface area contributed by atoms with E-state index in [2.05, 4.69) is 0 Å². The number of carbonyl (C=O) groups is 2. The summed E-state index contributed by atoms with van der Waals surface area (Å²) in [5.41, 5.74) is -0.461. The highest BCUT2D eigenvalue weighted by Gasteiger charge is 2.17. The van der Waals surface area contributed by atoms with Crippen LogP contribution in [0.5, 0.6) is 5.75 Å². The predicted octanol–water partition coefficient (Wildman–Crippen LogP) is 2.09. The zero-order chi connectivity index (χ0) is 13.9. The zero-order valence-corrected chi connectivity index (χ0v) is 10.6. The first-order valence-corrected chi connectivity index (χ1v) is 5.44. The van der Waals surface area contributed by atoms with Crippen molar-refractivity contribution >= 4 is 11.8 Å². The van der Waals surface area contributed by atoms with Gasteiger partial charge in [-0.25, -0.2) is 4.79 Å². The number of carbonyl (C=O) groups excluding carboxylic acids is 1. The topological polar surface area (TPSA) is 83.8 Å². The van der Waals surface area contributed by atoms with Crippen LogP contribution in [0.1, 0.15) is 41.5 Å². The van der Waals surface area contributed by atoms with Gasteiger partial charge in [0.15, 0.2) is 5.78 Å². The number of phenolic OH excluding ortho intramolecular Hbond substituents is 1. The fourth-order valence-electron chi connectivity index (χ4n) is 1.26. The molecule has 0 unspecified atom stereocenters. The average molecular weight is 252 g/mol. The summed E-state index contributed by atoms with van der Waals surface area (Å²) in [4.78, 5) is 22.4. The van der Waals surface area contributed by atoms with Crippen molar-refractivity contribution in [2.75, 3.05) is 6.61 Å². The normalized spacial score (nSPS) is 11.3. The van der Waals surface area contributed by atoms with E-state index in [9.17, 15) is 14.7 Å². The number of carboxylic acid groups (broad SMARTS) is 1. The molecule has 0 aromatic heterocycles. The van der Waals surface area contributed by atoms with E-state index in [1.54, 1.807) is 0 Å². The van der Waals surface area contributed by atoms with E-state index >= 15 is 0 Å². The van der Waals surface area contributed by atoms with Gasteiger partial charge in [-0.2, -0.15) is 0 Å². The number of phenols is 1. The molecule has 0 aliphatic heterocycles. The van der Waals surface area contributed by atoms with Crippen LogP contribution in [0.3, 0.4) is 0 Å². The maximum absolute atomic E-state index is 11.8. The van der Waals surface area contributed by atoms with Gasteiger partial charge in [-0.15, -0.1) is 0 Å². The van der Waals surface area contributed by atoms with Crippen LogP contribution < -0.4 is 0 Å². The molecule has 0 heterocycles. The largest absolute Gasteiger partial charge is 0.507 e. The van der Waals surface area contributed by atoms with Crippen LogP contribution >= 0.6 is 0 Å². The van der Waals surface area contributed by atoms with Gasteiger partial charge in [0, 0.05) is 0 Å². The van der Waals surface area contributed by atoms with Gasteiger partial charge in [0.2, 0.25) is 0 Å². The molecule has 0 saturated heterocycles. The Morgan fingerprint density at radius 1 is 1.28 bits per heavy atom. The SMILES string of the molecule is CC(C)(C)OCC(=O)c1ccc(C(=O)O)cc1O. The number of aromatic carboxylic acids is 1. The monoisotopic (exact) mass is 252 g/mol. The van der Waals surface area contributed by atoms with Gasteiger partial charge in [-0.1, -0.05) is 0 Å². The Bertz CT molecular complexity index is 471. The summed E-state index contributed by atoms with van der Waals surface area (Å²) in [5, 5.41) is 18.3. The van der Waals surface area contributed by atoms with Gasteiger partial charge in [0.25, 0.3) is 0 Å². The van der Waals surface area contributed by atoms with Crippen LogP contribution in [0.15, 0.2) is 18.2 Å². The van der Waals surface area contributed by atoms with Crippen LogP contribution in [-0.2, 0) is 4.74 Å². The van der Waals surface area contributed by atoms with E-state index in [4.69, 9.17) is 9.84 Å². The lowest BCUT2D eigenvalue weighted by molar-refractivity contribution is 0.00296. The molecule has 18 heavy (non-hydrogen) atoms. The van der Waals surface area contributed by atoms with Crippen LogP contribution in [0.25, 0.3) is 0 Å². The van der Waals surface area contributed by atoms with Crippen molar-refractivity contribution in [3.63, 3.8) is 0 Å². The number of hydrogen-bond donors (Lipinski definition) is 2. The van der Waals surface area contributed by atoms with Gasteiger partial charge in [0.05, 0.1) is 16.7 Å². The van der Waals surface area contributed by atoms with Crippen molar-refractivity contribution in [2.45, 2.75) is 26.4 Å².